The maximum absolute atomic E-state index is 5.28. The molecule has 37 heavy (non-hydrogen) atoms. The molecule has 2 aliphatic heterocycles. The van der Waals surface area contributed by atoms with E-state index >= 15 is 0 Å². The summed E-state index contributed by atoms with van der Waals surface area (Å²) in [6.07, 6.45) is 0. The molecular weight excluding hydrogens is 476 g/mol. The number of nitrogens with one attached hydrogen (secondary N) is 1. The minimum atomic E-state index is -0.0779. The highest BCUT2D eigenvalue weighted by atomic mass is 32.1. The maximum Gasteiger partial charge on any atom is 0.179 e. The molecule has 0 saturated heterocycles. The van der Waals surface area contributed by atoms with Gasteiger partial charge in [-0.05, 0) is 61.7 Å². The summed E-state index contributed by atoms with van der Waals surface area (Å²) in [5.74, 6) is 2.33. The van der Waals surface area contributed by atoms with E-state index < -0.39 is 0 Å². The molecular formula is C30H24N6S. The molecule has 6 nitrogen and oxygen atoms in total. The topological polar surface area (TPSA) is 57.8 Å². The van der Waals surface area contributed by atoms with Gasteiger partial charge in [0, 0.05) is 16.1 Å². The molecule has 4 heterocycles. The lowest BCUT2D eigenvalue weighted by Gasteiger charge is -2.40. The van der Waals surface area contributed by atoms with Crippen molar-refractivity contribution in [2.75, 3.05) is 10.2 Å². The number of amidine groups is 2. The van der Waals surface area contributed by atoms with Crippen molar-refractivity contribution < 1.29 is 0 Å². The van der Waals surface area contributed by atoms with Crippen LogP contribution < -0.4 is 10.2 Å². The second kappa shape index (κ2) is 8.57. The van der Waals surface area contributed by atoms with Crippen molar-refractivity contribution in [1.82, 2.24) is 9.78 Å². The molecule has 0 saturated carbocycles. The molecule has 3 aromatic carbocycles. The van der Waals surface area contributed by atoms with Crippen molar-refractivity contribution >= 4 is 45.9 Å². The summed E-state index contributed by atoms with van der Waals surface area (Å²) in [7, 11) is 0. The molecule has 0 spiro atoms. The van der Waals surface area contributed by atoms with Gasteiger partial charge in [-0.3, -0.25) is 0 Å². The number of anilines is 2. The van der Waals surface area contributed by atoms with Crippen molar-refractivity contribution in [3.63, 3.8) is 0 Å². The first-order valence-electron chi connectivity index (χ1n) is 12.3. The largest absolute Gasteiger partial charge is 0.337 e. The number of nitrogens with zero attached hydrogens (tertiary/aromatic N) is 5. The predicted molar refractivity (Wildman–Crippen MR) is 152 cm³/mol. The van der Waals surface area contributed by atoms with E-state index in [1.807, 2.05) is 41.1 Å². The van der Waals surface area contributed by atoms with Crippen molar-refractivity contribution in [3.8, 4) is 5.69 Å². The number of hydrogen-bond acceptors (Lipinski definition) is 6. The van der Waals surface area contributed by atoms with Crippen LogP contribution in [0, 0.1) is 13.8 Å². The number of aromatic nitrogens is 2. The summed E-state index contributed by atoms with van der Waals surface area (Å²) in [5, 5.41) is 10.7. The number of aryl methyl sites for hydroxylation is 2. The van der Waals surface area contributed by atoms with Gasteiger partial charge in [0.15, 0.2) is 17.5 Å². The Balaban J connectivity index is 1.49. The molecule has 1 N–H and O–H groups in total. The standard InChI is InChI=1S/C30H24N6S/c1-19-14-16-22(17-15-19)36-29-26(20(2)34-36)27(25-13-8-18-37-25)35-24-12-7-6-11-23(24)32-28(30(35)33-29)31-21-9-4-3-5-10-21/h3-18,27H,1-2H3,(H,31,32)/t27-/m1/s1. The number of thiophene rings is 1. The summed E-state index contributed by atoms with van der Waals surface area (Å²) in [6.45, 7) is 4.17. The first kappa shape index (κ1) is 21.8. The smallest absolute Gasteiger partial charge is 0.179 e. The summed E-state index contributed by atoms with van der Waals surface area (Å²) in [6, 6.07) is 31.0. The van der Waals surface area contributed by atoms with Crippen molar-refractivity contribution in [3.05, 3.63) is 118 Å². The summed E-state index contributed by atoms with van der Waals surface area (Å²) in [5.41, 5.74) is 7.19. The first-order valence-corrected chi connectivity index (χ1v) is 13.1. The van der Waals surface area contributed by atoms with E-state index in [2.05, 4.69) is 84.0 Å². The van der Waals surface area contributed by atoms with E-state index in [9.17, 15) is 0 Å². The average molecular weight is 501 g/mol. The van der Waals surface area contributed by atoms with Gasteiger partial charge in [-0.1, -0.05) is 54.1 Å². The Hall–Kier alpha value is -4.49. The lowest BCUT2D eigenvalue weighted by atomic mass is 9.98. The molecule has 7 heteroatoms. The van der Waals surface area contributed by atoms with Crippen LogP contribution in [0.2, 0.25) is 0 Å². The van der Waals surface area contributed by atoms with Crippen LogP contribution in [0.1, 0.15) is 27.7 Å². The fraction of sp³-hybridized carbons (Fsp3) is 0.100. The Morgan fingerprint density at radius 2 is 1.59 bits per heavy atom. The molecule has 0 radical (unpaired) electrons. The van der Waals surface area contributed by atoms with E-state index in [0.717, 1.165) is 45.7 Å². The van der Waals surface area contributed by atoms with Gasteiger partial charge in [0.2, 0.25) is 0 Å². The van der Waals surface area contributed by atoms with Crippen LogP contribution >= 0.6 is 11.3 Å². The Morgan fingerprint density at radius 1 is 0.811 bits per heavy atom. The van der Waals surface area contributed by atoms with Crippen LogP contribution in [0.3, 0.4) is 0 Å². The third-order valence-corrected chi connectivity index (χ3v) is 7.69. The van der Waals surface area contributed by atoms with Gasteiger partial charge >= 0.3 is 0 Å². The number of para-hydroxylation sites is 3. The van der Waals surface area contributed by atoms with Crippen molar-refractivity contribution in [1.29, 1.82) is 0 Å². The number of hydrogen-bond donors (Lipinski definition) is 1. The van der Waals surface area contributed by atoms with Crippen LogP contribution in [-0.2, 0) is 0 Å². The Labute approximate surface area is 219 Å². The van der Waals surface area contributed by atoms with Gasteiger partial charge < -0.3 is 10.2 Å². The quantitative estimate of drug-likeness (QED) is 0.282. The van der Waals surface area contributed by atoms with Gasteiger partial charge in [-0.2, -0.15) is 5.10 Å². The molecule has 0 fully saturated rings. The molecule has 1 atom stereocenters. The second-order valence-corrected chi connectivity index (χ2v) is 10.2. The normalized spacial score (nSPS) is 15.8. The van der Waals surface area contributed by atoms with E-state index in [0.29, 0.717) is 5.84 Å². The Bertz CT molecular complexity index is 1660. The van der Waals surface area contributed by atoms with E-state index in [1.165, 1.54) is 10.4 Å². The SMILES string of the molecule is Cc1ccc(-n2nc(C)c3c2N=C2C(Nc4ccccc4)=Nc4ccccc4N2[C@@H]3c2cccs2)cc1. The Kier molecular flexibility index (Phi) is 5.04. The minimum absolute atomic E-state index is 0.0779. The minimum Gasteiger partial charge on any atom is -0.337 e. The number of aliphatic imine (C=N–C) groups is 2. The van der Waals surface area contributed by atoms with Crippen LogP contribution in [0.5, 0.6) is 0 Å². The van der Waals surface area contributed by atoms with Crippen LogP contribution in [-0.4, -0.2) is 21.5 Å². The van der Waals surface area contributed by atoms with E-state index in [4.69, 9.17) is 15.1 Å². The zero-order chi connectivity index (χ0) is 24.9. The van der Waals surface area contributed by atoms with E-state index in [-0.39, 0.29) is 6.04 Å². The highest BCUT2D eigenvalue weighted by molar-refractivity contribution is 7.10. The van der Waals surface area contributed by atoms with Gasteiger partial charge in [0.25, 0.3) is 0 Å². The van der Waals surface area contributed by atoms with Crippen molar-refractivity contribution in [2.45, 2.75) is 19.9 Å². The zero-order valence-corrected chi connectivity index (χ0v) is 21.3. The molecule has 2 aromatic heterocycles. The molecule has 0 amide bonds. The molecule has 0 bridgehead atoms. The number of benzene rings is 3. The molecule has 0 unspecified atom stereocenters. The fourth-order valence-corrected chi connectivity index (χ4v) is 5.86. The lowest BCUT2D eigenvalue weighted by molar-refractivity contribution is 0.830. The van der Waals surface area contributed by atoms with Gasteiger partial charge in [0.1, 0.15) is 6.04 Å². The summed E-state index contributed by atoms with van der Waals surface area (Å²) in [4.78, 5) is 13.9. The summed E-state index contributed by atoms with van der Waals surface area (Å²) >= 11 is 1.75. The van der Waals surface area contributed by atoms with Crippen LogP contribution in [0.4, 0.5) is 22.9 Å². The second-order valence-electron chi connectivity index (χ2n) is 9.23. The summed E-state index contributed by atoms with van der Waals surface area (Å²) < 4.78 is 1.97. The monoisotopic (exact) mass is 500 g/mol. The van der Waals surface area contributed by atoms with Crippen LogP contribution in [0.15, 0.2) is 106 Å². The first-order chi connectivity index (χ1) is 18.2. The van der Waals surface area contributed by atoms with Gasteiger partial charge in [-0.15, -0.1) is 11.3 Å². The maximum atomic E-state index is 5.28. The number of fused-ring (bicyclic) bond motifs is 4. The number of rotatable bonds is 3. The zero-order valence-electron chi connectivity index (χ0n) is 20.5. The highest BCUT2D eigenvalue weighted by Gasteiger charge is 2.41. The highest BCUT2D eigenvalue weighted by Crippen LogP contribution is 2.49. The molecule has 2 aliphatic rings. The third-order valence-electron chi connectivity index (χ3n) is 6.77. The molecule has 180 valence electrons. The molecule has 0 aliphatic carbocycles. The van der Waals surface area contributed by atoms with Crippen LogP contribution in [0.25, 0.3) is 5.69 Å². The average Bonchev–Trinajstić information content (AvgIpc) is 3.57. The van der Waals surface area contributed by atoms with Gasteiger partial charge in [-0.25, -0.2) is 14.7 Å². The fourth-order valence-electron chi connectivity index (χ4n) is 5.04. The molecule has 5 aromatic rings. The lowest BCUT2D eigenvalue weighted by Crippen LogP contribution is -2.46. The Morgan fingerprint density at radius 3 is 2.38 bits per heavy atom. The van der Waals surface area contributed by atoms with E-state index in [1.54, 1.807) is 11.3 Å². The van der Waals surface area contributed by atoms with Crippen molar-refractivity contribution in [2.24, 2.45) is 9.98 Å². The third kappa shape index (κ3) is 3.58. The predicted octanol–water partition coefficient (Wildman–Crippen LogP) is 7.35. The van der Waals surface area contributed by atoms with Gasteiger partial charge in [0.05, 0.1) is 22.8 Å². The molecule has 7 rings (SSSR count).